The van der Waals surface area contributed by atoms with Crippen molar-refractivity contribution in [2.45, 2.75) is 136 Å². The SMILES string of the molecule is Cc1cc(C(C)(C)C)ccc1N1c2cc(-n3c4ccc(-c5ccccc5)cc4c4c5cc(C(C)(C)C)ccc5oc43)cc3c2B(c2cc(-c4cccnc4)oc21)c1c(ccc2c4c(sc12)C1CCC4(C)CCC1C)N3c1ccc(C(C)(C)C)cc1-c1ccccc1. The minimum absolute atomic E-state index is 0.0675. The van der Waals surface area contributed by atoms with Crippen LogP contribution in [-0.2, 0) is 21.7 Å². The number of pyridine rings is 1. The molecule has 6 nitrogen and oxygen atoms in total. The second kappa shape index (κ2) is 19.8. The molecule has 0 saturated heterocycles. The van der Waals surface area contributed by atoms with E-state index >= 15 is 0 Å². The van der Waals surface area contributed by atoms with Crippen molar-refractivity contribution < 1.29 is 8.83 Å². The minimum Gasteiger partial charge on any atom is -0.440 e. The topological polar surface area (TPSA) is 50.6 Å². The number of furan rings is 2. The molecule has 5 aromatic heterocycles. The monoisotopic (exact) mass is 1200 g/mol. The molecule has 0 N–H and O–H groups in total. The summed E-state index contributed by atoms with van der Waals surface area (Å²) in [6.45, 7) is 28.0. The van der Waals surface area contributed by atoms with Gasteiger partial charge in [0.25, 0.3) is 6.71 Å². The molecule has 3 aliphatic carbocycles. The lowest BCUT2D eigenvalue weighted by molar-refractivity contribution is 0.390. The van der Waals surface area contributed by atoms with Crippen molar-refractivity contribution in [3.63, 3.8) is 0 Å². The summed E-state index contributed by atoms with van der Waals surface area (Å²) in [7, 11) is 0. The number of hydrogen-bond acceptors (Lipinski definition) is 6. The van der Waals surface area contributed by atoms with Crippen LogP contribution in [0.1, 0.15) is 140 Å². The van der Waals surface area contributed by atoms with Gasteiger partial charge in [-0.15, -0.1) is 11.3 Å². The van der Waals surface area contributed by atoms with Gasteiger partial charge in [-0.1, -0.05) is 173 Å². The number of nitrogens with zero attached hydrogens (tertiary/aromatic N) is 4. The highest BCUT2D eigenvalue weighted by Gasteiger charge is 2.50. The predicted octanol–water partition coefficient (Wildman–Crippen LogP) is 21.6. The Hall–Kier alpha value is -8.85. The van der Waals surface area contributed by atoms with Crippen LogP contribution >= 0.6 is 11.3 Å². The quantitative estimate of drug-likeness (QED) is 0.155. The van der Waals surface area contributed by atoms with Gasteiger partial charge in [-0.2, -0.15) is 0 Å². The van der Waals surface area contributed by atoms with Crippen LogP contribution in [0.25, 0.3) is 82.3 Å². The van der Waals surface area contributed by atoms with E-state index in [1.165, 1.54) is 91.3 Å². The molecule has 5 aliphatic rings. The number of hydrogen-bond donors (Lipinski definition) is 0. The molecule has 13 aromatic rings. The van der Waals surface area contributed by atoms with E-state index in [4.69, 9.17) is 13.8 Å². The van der Waals surface area contributed by atoms with E-state index in [0.717, 1.165) is 89.6 Å². The number of benzene rings is 8. The van der Waals surface area contributed by atoms with E-state index in [1.807, 2.05) is 18.5 Å². The van der Waals surface area contributed by atoms with Crippen molar-refractivity contribution >= 4 is 112 Å². The highest BCUT2D eigenvalue weighted by molar-refractivity contribution is 7.22. The summed E-state index contributed by atoms with van der Waals surface area (Å²) in [5.41, 5.74) is 25.2. The largest absolute Gasteiger partial charge is 0.440 e. The number of aryl methyl sites for hydroxylation is 1. The molecule has 2 bridgehead atoms. The van der Waals surface area contributed by atoms with Crippen molar-refractivity contribution in [1.82, 2.24) is 9.55 Å². The Morgan fingerprint density at radius 3 is 1.93 bits per heavy atom. The van der Waals surface area contributed by atoms with Crippen LogP contribution in [0.3, 0.4) is 0 Å². The van der Waals surface area contributed by atoms with Crippen LogP contribution in [0.5, 0.6) is 0 Å². The number of aromatic nitrogens is 2. The smallest absolute Gasteiger partial charge is 0.258 e. The average Bonchev–Trinajstić information content (AvgIpc) is 1.67. The first-order chi connectivity index (χ1) is 43.7. The van der Waals surface area contributed by atoms with Crippen molar-refractivity contribution in [1.29, 1.82) is 0 Å². The van der Waals surface area contributed by atoms with Crippen molar-refractivity contribution in [2.24, 2.45) is 5.92 Å². The maximum atomic E-state index is 7.65. The van der Waals surface area contributed by atoms with Gasteiger partial charge in [0, 0.05) is 60.9 Å². The highest BCUT2D eigenvalue weighted by atomic mass is 32.1. The molecule has 0 amide bonds. The molecular formula is C83H77BN4O2S. The van der Waals surface area contributed by atoms with E-state index in [2.05, 4.69) is 279 Å². The maximum Gasteiger partial charge on any atom is 0.258 e. The Morgan fingerprint density at radius 1 is 0.560 bits per heavy atom. The third-order valence-electron chi connectivity index (χ3n) is 21.4. The molecule has 0 spiro atoms. The minimum atomic E-state index is -0.223. The van der Waals surface area contributed by atoms with Gasteiger partial charge in [0.15, 0.2) is 5.88 Å². The van der Waals surface area contributed by atoms with Gasteiger partial charge in [-0.25, -0.2) is 0 Å². The van der Waals surface area contributed by atoms with E-state index < -0.39 is 0 Å². The van der Waals surface area contributed by atoms with Gasteiger partial charge in [-0.3, -0.25) is 14.5 Å². The molecule has 3 atom stereocenters. The second-order valence-corrected chi connectivity index (χ2v) is 31.4. The van der Waals surface area contributed by atoms with E-state index in [9.17, 15) is 0 Å². The lowest BCUT2D eigenvalue weighted by Crippen LogP contribution is -2.61. The molecule has 3 unspecified atom stereocenters. The molecule has 91 heavy (non-hydrogen) atoms. The molecule has 1 fully saturated rings. The fraction of sp³-hybridized carbons (Fsp3) is 0.265. The summed E-state index contributed by atoms with van der Waals surface area (Å²) in [6, 6.07) is 66.7. The van der Waals surface area contributed by atoms with Crippen LogP contribution in [-0.4, -0.2) is 16.3 Å². The van der Waals surface area contributed by atoms with Gasteiger partial charge < -0.3 is 13.7 Å². The Labute approximate surface area is 539 Å². The molecule has 0 radical (unpaired) electrons. The zero-order valence-corrected chi connectivity index (χ0v) is 55.3. The summed E-state index contributed by atoms with van der Waals surface area (Å²) in [4.78, 5) is 11.5. The lowest BCUT2D eigenvalue weighted by Gasteiger charge is -2.43. The first-order valence-corrected chi connectivity index (χ1v) is 33.8. The third-order valence-corrected chi connectivity index (χ3v) is 22.8. The normalized spacial score (nSPS) is 17.9. The fourth-order valence-corrected chi connectivity index (χ4v) is 18.1. The highest BCUT2D eigenvalue weighted by Crippen LogP contribution is 2.59. The third kappa shape index (κ3) is 8.53. The van der Waals surface area contributed by atoms with Crippen LogP contribution in [0.4, 0.5) is 34.3 Å². The van der Waals surface area contributed by atoms with Gasteiger partial charge in [0.05, 0.1) is 28.0 Å². The first-order valence-electron chi connectivity index (χ1n) is 33.0. The summed E-state index contributed by atoms with van der Waals surface area (Å²) < 4.78 is 18.9. The first kappa shape index (κ1) is 56.2. The molecule has 1 saturated carbocycles. The number of rotatable bonds is 6. The van der Waals surface area contributed by atoms with Gasteiger partial charge in [0.2, 0.25) is 5.71 Å². The molecule has 7 heterocycles. The zero-order chi connectivity index (χ0) is 62.4. The van der Waals surface area contributed by atoms with Gasteiger partial charge >= 0.3 is 0 Å². The van der Waals surface area contributed by atoms with Crippen molar-refractivity contribution in [2.75, 3.05) is 9.80 Å². The van der Waals surface area contributed by atoms with Crippen LogP contribution in [0.2, 0.25) is 0 Å². The van der Waals surface area contributed by atoms with Crippen LogP contribution in [0.15, 0.2) is 197 Å². The van der Waals surface area contributed by atoms with Crippen LogP contribution < -0.4 is 26.2 Å². The van der Waals surface area contributed by atoms with Crippen molar-refractivity contribution in [3.8, 4) is 39.3 Å². The second-order valence-electron chi connectivity index (χ2n) is 30.3. The Bertz CT molecular complexity index is 5140. The number of anilines is 6. The molecule has 8 heteroatoms. The van der Waals surface area contributed by atoms with E-state index in [-0.39, 0.29) is 28.4 Å². The zero-order valence-electron chi connectivity index (χ0n) is 54.5. The lowest BCUT2D eigenvalue weighted by atomic mass is 9.33. The molecular weight excluding hydrogens is 1130 g/mol. The van der Waals surface area contributed by atoms with Crippen LogP contribution in [0, 0.1) is 12.8 Å². The average molecular weight is 1210 g/mol. The van der Waals surface area contributed by atoms with Crippen molar-refractivity contribution in [3.05, 3.63) is 221 Å². The number of thiophene rings is 1. The molecule has 450 valence electrons. The summed E-state index contributed by atoms with van der Waals surface area (Å²) >= 11 is 2.11. The molecule has 8 aromatic carbocycles. The standard InChI is InChI=1S/C83H77BN4O2S/c1-48-35-37-83(12)38-36-58(48)76-73(83)59-29-33-67-75(77(59)91-76)84-63-46-71(53-24-19-39-85-47-53)90-78(63)88(64-31-26-54(40-49(64)2)80(3,4)5)69-45-57(44-68(74(69)84)87(67)65-32-27-55(81(6,7)8)42-60(65)51-22-17-14-18-23-51)86-66-30-25-52(50-20-15-13-16-21-50)41-61(66)72-62-43-56(82(9,10)11)28-34-70(62)89-79(72)86/h13-34,39-48,58H,35-38H2,1-12H3. The van der Waals surface area contributed by atoms with E-state index in [1.54, 1.807) is 10.4 Å². The Kier molecular flexibility index (Phi) is 12.2. The summed E-state index contributed by atoms with van der Waals surface area (Å²) in [6.07, 6.45) is 8.76. The molecule has 2 aliphatic heterocycles. The summed E-state index contributed by atoms with van der Waals surface area (Å²) in [5, 5.41) is 4.80. The number of fused-ring (bicyclic) bond motifs is 14. The maximum absolute atomic E-state index is 7.65. The van der Waals surface area contributed by atoms with Gasteiger partial charge in [0.1, 0.15) is 11.3 Å². The van der Waals surface area contributed by atoms with Gasteiger partial charge in [-0.05, 0) is 211 Å². The predicted molar refractivity (Wildman–Crippen MR) is 385 cm³/mol. The Morgan fingerprint density at radius 2 is 1.22 bits per heavy atom. The fourth-order valence-electron chi connectivity index (χ4n) is 16.3. The van der Waals surface area contributed by atoms with E-state index in [0.29, 0.717) is 11.8 Å². The Balaban J connectivity index is 1.05. The molecule has 18 rings (SSSR count). The summed E-state index contributed by atoms with van der Waals surface area (Å²) in [5.74, 6) is 2.79.